The first-order valence-electron chi connectivity index (χ1n) is 8.20. The Kier molecular flexibility index (Phi) is 5.29. The molecule has 3 heterocycles. The Morgan fingerprint density at radius 3 is 2.64 bits per heavy atom. The summed E-state index contributed by atoms with van der Waals surface area (Å²) in [7, 11) is 0. The number of nitrogens with zero attached hydrogens (tertiary/aromatic N) is 5. The smallest absolute Gasteiger partial charge is 0.379 e. The third-order valence-corrected chi connectivity index (χ3v) is 4.69. The highest BCUT2D eigenvalue weighted by atomic mass is 19.4. The first-order chi connectivity index (χ1) is 11.9. The number of hydrogen-bond donors (Lipinski definition) is 0. The lowest BCUT2D eigenvalue weighted by atomic mass is 10.2. The lowest BCUT2D eigenvalue weighted by Crippen LogP contribution is -2.51. The van der Waals surface area contributed by atoms with Crippen molar-refractivity contribution in [3.63, 3.8) is 0 Å². The van der Waals surface area contributed by atoms with E-state index in [2.05, 4.69) is 0 Å². The highest BCUT2D eigenvalue weighted by molar-refractivity contribution is 5.79. The average Bonchev–Trinajstić information content (AvgIpc) is 3.22. The predicted molar refractivity (Wildman–Crippen MR) is 80.5 cm³/mol. The minimum Gasteiger partial charge on any atom is -0.379 e. The minimum absolute atomic E-state index is 0.0992. The highest BCUT2D eigenvalue weighted by Crippen LogP contribution is 2.30. The predicted octanol–water partition coefficient (Wildman–Crippen LogP) is 0.379. The summed E-state index contributed by atoms with van der Waals surface area (Å²) in [6, 6.07) is 1.56. The summed E-state index contributed by atoms with van der Waals surface area (Å²) in [5, 5.41) is 12.1. The first kappa shape index (κ1) is 18.1. The molecular formula is C15H20F3N5O2. The summed E-state index contributed by atoms with van der Waals surface area (Å²) in [6.45, 7) is 2.42. The Hall–Kier alpha value is -1.67. The first-order valence-corrected chi connectivity index (χ1v) is 8.20. The van der Waals surface area contributed by atoms with Crippen molar-refractivity contribution in [3.8, 4) is 6.07 Å². The summed E-state index contributed by atoms with van der Waals surface area (Å²) in [6.07, 6.45) is -2.63. The van der Waals surface area contributed by atoms with E-state index in [-0.39, 0.29) is 32.1 Å². The van der Waals surface area contributed by atoms with Gasteiger partial charge in [-0.1, -0.05) is 0 Å². The molecule has 0 aromatic heterocycles. The highest BCUT2D eigenvalue weighted by Gasteiger charge is 2.45. The number of hydrazine groups is 1. The van der Waals surface area contributed by atoms with E-state index in [0.29, 0.717) is 43.2 Å². The number of amides is 1. The van der Waals surface area contributed by atoms with Crippen LogP contribution in [0.4, 0.5) is 13.2 Å². The third kappa shape index (κ3) is 4.12. The van der Waals surface area contributed by atoms with Gasteiger partial charge in [-0.3, -0.25) is 9.69 Å². The Labute approximate surface area is 143 Å². The largest absolute Gasteiger partial charge is 0.459 e. The van der Waals surface area contributed by atoms with Crippen molar-refractivity contribution in [1.82, 2.24) is 19.8 Å². The molecule has 1 atom stereocenters. The van der Waals surface area contributed by atoms with Crippen LogP contribution in [0.25, 0.3) is 0 Å². The van der Waals surface area contributed by atoms with Crippen LogP contribution in [0.3, 0.4) is 0 Å². The molecule has 3 aliphatic rings. The van der Waals surface area contributed by atoms with E-state index in [1.54, 1.807) is 5.01 Å². The molecule has 0 N–H and O–H groups in total. The Bertz CT molecular complexity index is 583. The zero-order chi connectivity index (χ0) is 18.0. The number of carbonyl (C=O) groups excluding carboxylic acids is 1. The maximum atomic E-state index is 12.9. The molecule has 0 spiro atoms. The summed E-state index contributed by atoms with van der Waals surface area (Å²) >= 11 is 0. The molecule has 0 bridgehead atoms. The number of hydrogen-bond acceptors (Lipinski definition) is 6. The van der Waals surface area contributed by atoms with Gasteiger partial charge in [0.05, 0.1) is 37.9 Å². The number of likely N-dealkylation sites (tertiary alicyclic amines) is 1. The van der Waals surface area contributed by atoms with Crippen LogP contribution in [0.5, 0.6) is 0 Å². The number of nitriles is 1. The van der Waals surface area contributed by atoms with Crippen molar-refractivity contribution in [2.24, 2.45) is 0 Å². The molecule has 0 aromatic carbocycles. The molecule has 138 valence electrons. The lowest BCUT2D eigenvalue weighted by molar-refractivity contribution is -0.239. The number of ether oxygens (including phenoxy) is 1. The van der Waals surface area contributed by atoms with E-state index in [1.165, 1.54) is 11.2 Å². The molecule has 25 heavy (non-hydrogen) atoms. The second kappa shape index (κ2) is 7.29. The van der Waals surface area contributed by atoms with Crippen LogP contribution in [0.1, 0.15) is 6.42 Å². The van der Waals surface area contributed by atoms with Crippen LogP contribution in [0.2, 0.25) is 0 Å². The van der Waals surface area contributed by atoms with Crippen LogP contribution in [-0.2, 0) is 9.53 Å². The molecule has 0 saturated carbocycles. The van der Waals surface area contributed by atoms with E-state index in [9.17, 15) is 18.0 Å². The van der Waals surface area contributed by atoms with E-state index >= 15 is 0 Å². The van der Waals surface area contributed by atoms with E-state index in [4.69, 9.17) is 10.00 Å². The zero-order valence-electron chi connectivity index (χ0n) is 13.7. The fraction of sp³-hybridized carbons (Fsp3) is 0.733. The second-order valence-electron chi connectivity index (χ2n) is 6.35. The molecule has 0 aliphatic carbocycles. The van der Waals surface area contributed by atoms with Gasteiger partial charge in [0.1, 0.15) is 0 Å². The quantitative estimate of drug-likeness (QED) is 0.679. The Morgan fingerprint density at radius 2 is 2.04 bits per heavy atom. The van der Waals surface area contributed by atoms with Crippen LogP contribution < -0.4 is 0 Å². The number of rotatable bonds is 3. The topological polar surface area (TPSA) is 63.1 Å². The van der Waals surface area contributed by atoms with Gasteiger partial charge in [-0.15, -0.1) is 0 Å². The number of morpholine rings is 1. The molecule has 0 radical (unpaired) electrons. The van der Waals surface area contributed by atoms with Crippen LogP contribution >= 0.6 is 0 Å². The van der Waals surface area contributed by atoms with Gasteiger partial charge in [0.25, 0.3) is 5.91 Å². The molecule has 3 rings (SSSR count). The monoisotopic (exact) mass is 359 g/mol. The van der Waals surface area contributed by atoms with E-state index in [1.807, 2.05) is 11.0 Å². The number of alkyl halides is 3. The van der Waals surface area contributed by atoms with Gasteiger partial charge in [0.15, 0.2) is 0 Å². The molecule has 3 aliphatic heterocycles. The van der Waals surface area contributed by atoms with Crippen molar-refractivity contribution in [3.05, 3.63) is 11.8 Å². The fourth-order valence-corrected chi connectivity index (χ4v) is 3.34. The molecule has 1 unspecified atom stereocenters. The van der Waals surface area contributed by atoms with Gasteiger partial charge in [0, 0.05) is 38.4 Å². The maximum absolute atomic E-state index is 12.9. The normalized spacial score (nSPS) is 26.7. The molecule has 2 saturated heterocycles. The SMILES string of the molecule is N#CC1=CN(C(=O)CN2CCOCC2)N(C2CCN(C(F)(F)F)C2)C1. The minimum atomic E-state index is -4.37. The van der Waals surface area contributed by atoms with E-state index < -0.39 is 12.3 Å². The van der Waals surface area contributed by atoms with Crippen molar-refractivity contribution in [1.29, 1.82) is 5.26 Å². The van der Waals surface area contributed by atoms with Gasteiger partial charge in [-0.25, -0.2) is 14.9 Å². The number of carbonyl (C=O) groups is 1. The second-order valence-corrected chi connectivity index (χ2v) is 6.35. The van der Waals surface area contributed by atoms with Crippen molar-refractivity contribution < 1.29 is 22.7 Å². The van der Waals surface area contributed by atoms with Crippen molar-refractivity contribution in [2.45, 2.75) is 18.8 Å². The summed E-state index contributed by atoms with van der Waals surface area (Å²) < 4.78 is 43.9. The molecule has 1 amide bonds. The third-order valence-electron chi connectivity index (χ3n) is 4.69. The molecule has 2 fully saturated rings. The molecular weight excluding hydrogens is 339 g/mol. The molecule has 0 aromatic rings. The van der Waals surface area contributed by atoms with Crippen LogP contribution in [0, 0.1) is 11.3 Å². The fourth-order valence-electron chi connectivity index (χ4n) is 3.34. The average molecular weight is 359 g/mol. The van der Waals surface area contributed by atoms with Gasteiger partial charge >= 0.3 is 6.30 Å². The van der Waals surface area contributed by atoms with Gasteiger partial charge in [-0.05, 0) is 6.42 Å². The van der Waals surface area contributed by atoms with Gasteiger partial charge in [-0.2, -0.15) is 18.4 Å². The zero-order valence-corrected chi connectivity index (χ0v) is 13.7. The standard InChI is InChI=1S/C15H20F3N5O2/c16-15(17,18)21-2-1-13(10-21)22-8-12(7-19)9-23(22)14(24)11-20-3-5-25-6-4-20/h9,13H,1-6,8,10-11H2. The summed E-state index contributed by atoms with van der Waals surface area (Å²) in [5.74, 6) is -0.238. The van der Waals surface area contributed by atoms with Gasteiger partial charge < -0.3 is 4.74 Å². The summed E-state index contributed by atoms with van der Waals surface area (Å²) in [5.41, 5.74) is 0.376. The van der Waals surface area contributed by atoms with E-state index in [0.717, 1.165) is 0 Å². The Morgan fingerprint density at radius 1 is 1.32 bits per heavy atom. The summed E-state index contributed by atoms with van der Waals surface area (Å²) in [4.78, 5) is 15.0. The van der Waals surface area contributed by atoms with Crippen molar-refractivity contribution >= 4 is 5.91 Å². The maximum Gasteiger partial charge on any atom is 0.459 e. The van der Waals surface area contributed by atoms with Crippen LogP contribution in [-0.4, -0.2) is 90.5 Å². The lowest BCUT2D eigenvalue weighted by Gasteiger charge is -2.34. The van der Waals surface area contributed by atoms with Gasteiger partial charge in [0.2, 0.25) is 0 Å². The van der Waals surface area contributed by atoms with Crippen molar-refractivity contribution in [2.75, 3.05) is 52.5 Å². The number of halogens is 3. The molecule has 7 nitrogen and oxygen atoms in total. The molecule has 10 heteroatoms. The van der Waals surface area contributed by atoms with Crippen LogP contribution in [0.15, 0.2) is 11.8 Å². The Balaban J connectivity index is 1.66.